The van der Waals surface area contributed by atoms with Gasteiger partial charge in [-0.25, -0.2) is 14.5 Å². The second kappa shape index (κ2) is 4.40. The van der Waals surface area contributed by atoms with Crippen LogP contribution in [0.1, 0.15) is 11.3 Å². The van der Waals surface area contributed by atoms with Crippen molar-refractivity contribution >= 4 is 11.6 Å². The Hall–Kier alpha value is -2.50. The number of nitrogens with one attached hydrogen (secondary N) is 1. The summed E-state index contributed by atoms with van der Waals surface area (Å²) in [5.41, 5.74) is 2.88. The Morgan fingerprint density at radius 3 is 3.06 bits per heavy atom. The van der Waals surface area contributed by atoms with E-state index in [0.717, 1.165) is 16.9 Å². The third kappa shape index (κ3) is 2.13. The van der Waals surface area contributed by atoms with Gasteiger partial charge >= 0.3 is 0 Å². The molecule has 0 aromatic carbocycles. The molecule has 3 rings (SSSR count). The lowest BCUT2D eigenvalue weighted by Gasteiger charge is -1.99. The first-order valence-corrected chi connectivity index (χ1v) is 5.63. The molecule has 3 aromatic heterocycles. The number of aromatic nitrogens is 5. The van der Waals surface area contributed by atoms with Crippen LogP contribution in [0.3, 0.4) is 0 Å². The van der Waals surface area contributed by atoms with Gasteiger partial charge in [-0.2, -0.15) is 4.98 Å². The maximum atomic E-state index is 4.37. The summed E-state index contributed by atoms with van der Waals surface area (Å²) in [6.07, 6.45) is 5.18. The van der Waals surface area contributed by atoms with Gasteiger partial charge in [0.1, 0.15) is 6.33 Å². The molecule has 0 spiro atoms. The van der Waals surface area contributed by atoms with E-state index in [-0.39, 0.29) is 0 Å². The molecule has 0 saturated carbocycles. The zero-order valence-corrected chi connectivity index (χ0v) is 9.91. The number of aryl methyl sites for hydroxylation is 1. The van der Waals surface area contributed by atoms with Crippen LogP contribution in [-0.2, 0) is 6.54 Å². The van der Waals surface area contributed by atoms with Crippen LogP contribution in [0.25, 0.3) is 5.65 Å². The molecular weight excluding hydrogens is 228 g/mol. The van der Waals surface area contributed by atoms with Crippen molar-refractivity contribution in [3.63, 3.8) is 0 Å². The lowest BCUT2D eigenvalue weighted by molar-refractivity contribution is 0.931. The Balaban J connectivity index is 1.79. The van der Waals surface area contributed by atoms with Crippen LogP contribution in [-0.4, -0.2) is 24.6 Å². The lowest BCUT2D eigenvalue weighted by atomic mass is 10.3. The van der Waals surface area contributed by atoms with Crippen LogP contribution in [0, 0.1) is 6.92 Å². The van der Waals surface area contributed by atoms with Gasteiger partial charge in [0.15, 0.2) is 5.65 Å². The lowest BCUT2D eigenvalue weighted by Crippen LogP contribution is -2.03. The number of hydrogen-bond donors (Lipinski definition) is 1. The van der Waals surface area contributed by atoms with Gasteiger partial charge in [0.05, 0.1) is 12.2 Å². The summed E-state index contributed by atoms with van der Waals surface area (Å²) in [6, 6.07) is 5.81. The molecule has 0 aliphatic rings. The van der Waals surface area contributed by atoms with Crippen LogP contribution in [0.2, 0.25) is 0 Å². The summed E-state index contributed by atoms with van der Waals surface area (Å²) >= 11 is 0. The van der Waals surface area contributed by atoms with E-state index >= 15 is 0 Å². The van der Waals surface area contributed by atoms with Gasteiger partial charge in [0.25, 0.3) is 0 Å². The average molecular weight is 240 g/mol. The summed E-state index contributed by atoms with van der Waals surface area (Å²) in [4.78, 5) is 12.4. The van der Waals surface area contributed by atoms with Gasteiger partial charge in [-0.15, -0.1) is 5.10 Å². The van der Waals surface area contributed by atoms with Crippen molar-refractivity contribution in [2.24, 2.45) is 0 Å². The predicted molar refractivity (Wildman–Crippen MR) is 67.1 cm³/mol. The fourth-order valence-electron chi connectivity index (χ4n) is 1.65. The fourth-order valence-corrected chi connectivity index (χ4v) is 1.65. The number of fused-ring (bicyclic) bond motifs is 1. The Kier molecular flexibility index (Phi) is 2.60. The zero-order chi connectivity index (χ0) is 12.4. The maximum absolute atomic E-state index is 4.37. The van der Waals surface area contributed by atoms with Gasteiger partial charge in [0.2, 0.25) is 5.95 Å². The summed E-state index contributed by atoms with van der Waals surface area (Å²) in [5, 5.41) is 7.48. The Morgan fingerprint density at radius 1 is 1.28 bits per heavy atom. The maximum Gasteiger partial charge on any atom is 0.243 e. The molecule has 0 atom stereocenters. The molecule has 6 heteroatoms. The van der Waals surface area contributed by atoms with Crippen molar-refractivity contribution in [1.82, 2.24) is 24.6 Å². The fraction of sp³-hybridized carbons (Fsp3) is 0.167. The number of anilines is 1. The highest BCUT2D eigenvalue weighted by Gasteiger charge is 2.03. The molecule has 0 radical (unpaired) electrons. The van der Waals surface area contributed by atoms with Crippen molar-refractivity contribution in [3.05, 3.63) is 48.2 Å². The largest absolute Gasteiger partial charge is 0.347 e. The van der Waals surface area contributed by atoms with E-state index < -0.39 is 0 Å². The molecule has 0 aliphatic carbocycles. The smallest absolute Gasteiger partial charge is 0.243 e. The van der Waals surface area contributed by atoms with E-state index in [0.29, 0.717) is 12.5 Å². The number of pyridine rings is 1. The van der Waals surface area contributed by atoms with Crippen molar-refractivity contribution < 1.29 is 0 Å². The second-order valence-corrected chi connectivity index (χ2v) is 4.00. The highest BCUT2D eigenvalue weighted by Crippen LogP contribution is 2.07. The van der Waals surface area contributed by atoms with E-state index in [1.54, 1.807) is 10.7 Å². The molecule has 0 saturated heterocycles. The SMILES string of the molecule is Cc1ccc2nc(NCc3ccncn3)nn2c1. The Bertz CT molecular complexity index is 661. The third-order valence-electron chi connectivity index (χ3n) is 2.55. The standard InChI is InChI=1S/C12H12N6/c1-9-2-3-11-16-12(17-18(11)7-9)14-6-10-4-5-13-8-15-10/h2-5,7-8H,6H2,1H3,(H,14,17). The Labute approximate surface area is 104 Å². The minimum Gasteiger partial charge on any atom is -0.347 e. The average Bonchev–Trinajstić information content (AvgIpc) is 2.79. The normalized spacial score (nSPS) is 10.7. The van der Waals surface area contributed by atoms with Crippen molar-refractivity contribution in [2.75, 3.05) is 5.32 Å². The number of hydrogen-bond acceptors (Lipinski definition) is 5. The molecule has 0 fully saturated rings. The van der Waals surface area contributed by atoms with Crippen LogP contribution < -0.4 is 5.32 Å². The molecular formula is C12H12N6. The summed E-state index contributed by atoms with van der Waals surface area (Å²) in [7, 11) is 0. The number of rotatable bonds is 3. The van der Waals surface area contributed by atoms with Crippen LogP contribution >= 0.6 is 0 Å². The van der Waals surface area contributed by atoms with Gasteiger partial charge in [-0.05, 0) is 24.6 Å². The molecule has 3 heterocycles. The molecule has 90 valence electrons. The molecule has 18 heavy (non-hydrogen) atoms. The Morgan fingerprint density at radius 2 is 2.22 bits per heavy atom. The molecule has 3 aromatic rings. The molecule has 6 nitrogen and oxygen atoms in total. The molecule has 0 amide bonds. The van der Waals surface area contributed by atoms with E-state index in [9.17, 15) is 0 Å². The highest BCUT2D eigenvalue weighted by molar-refractivity contribution is 5.44. The van der Waals surface area contributed by atoms with Crippen LogP contribution in [0.4, 0.5) is 5.95 Å². The second-order valence-electron chi connectivity index (χ2n) is 4.00. The monoisotopic (exact) mass is 240 g/mol. The molecule has 0 unspecified atom stereocenters. The highest BCUT2D eigenvalue weighted by atomic mass is 15.3. The van der Waals surface area contributed by atoms with Gasteiger partial charge in [-0.3, -0.25) is 0 Å². The van der Waals surface area contributed by atoms with Gasteiger partial charge in [0, 0.05) is 12.4 Å². The van der Waals surface area contributed by atoms with Gasteiger partial charge in [-0.1, -0.05) is 6.07 Å². The number of nitrogens with zero attached hydrogens (tertiary/aromatic N) is 5. The van der Waals surface area contributed by atoms with E-state index in [2.05, 4.69) is 25.4 Å². The molecule has 1 N–H and O–H groups in total. The van der Waals surface area contributed by atoms with E-state index in [1.165, 1.54) is 6.33 Å². The third-order valence-corrected chi connectivity index (χ3v) is 2.55. The minimum atomic E-state index is 0.582. The van der Waals surface area contributed by atoms with Crippen molar-refractivity contribution in [1.29, 1.82) is 0 Å². The van der Waals surface area contributed by atoms with Crippen LogP contribution in [0.5, 0.6) is 0 Å². The van der Waals surface area contributed by atoms with Crippen molar-refractivity contribution in [2.45, 2.75) is 13.5 Å². The first kappa shape index (κ1) is 10.6. The first-order chi connectivity index (χ1) is 8.81. The van der Waals surface area contributed by atoms with E-state index in [1.807, 2.05) is 31.3 Å². The predicted octanol–water partition coefficient (Wildman–Crippen LogP) is 1.44. The molecule has 0 bridgehead atoms. The quantitative estimate of drug-likeness (QED) is 0.750. The minimum absolute atomic E-state index is 0.582. The van der Waals surface area contributed by atoms with Crippen molar-refractivity contribution in [3.8, 4) is 0 Å². The summed E-state index contributed by atoms with van der Waals surface area (Å²) < 4.78 is 1.76. The topological polar surface area (TPSA) is 68.0 Å². The van der Waals surface area contributed by atoms with E-state index in [4.69, 9.17) is 0 Å². The summed E-state index contributed by atoms with van der Waals surface area (Å²) in [6.45, 7) is 2.60. The first-order valence-electron chi connectivity index (χ1n) is 5.63. The van der Waals surface area contributed by atoms with Gasteiger partial charge < -0.3 is 5.32 Å². The molecule has 0 aliphatic heterocycles. The van der Waals surface area contributed by atoms with Crippen LogP contribution in [0.15, 0.2) is 36.9 Å². The zero-order valence-electron chi connectivity index (χ0n) is 9.91. The summed E-state index contributed by atoms with van der Waals surface area (Å²) in [5.74, 6) is 0.596.